The zero-order valence-corrected chi connectivity index (χ0v) is 17.7. The molecule has 164 valence electrons. The van der Waals surface area contributed by atoms with E-state index in [0.29, 0.717) is 12.1 Å². The average molecular weight is 435 g/mol. The Bertz CT molecular complexity index is 1300. The van der Waals surface area contributed by atoms with Crippen LogP contribution in [0.1, 0.15) is 26.7 Å². The van der Waals surface area contributed by atoms with Crippen molar-refractivity contribution in [3.8, 4) is 22.6 Å². The zero-order chi connectivity index (χ0) is 22.8. The first-order valence-corrected chi connectivity index (χ1v) is 9.72. The molecule has 32 heavy (non-hydrogen) atoms. The van der Waals surface area contributed by atoms with Gasteiger partial charge in [0.05, 0.1) is 26.9 Å². The molecule has 4 aromatic rings. The van der Waals surface area contributed by atoms with Gasteiger partial charge in [0, 0.05) is 29.2 Å². The van der Waals surface area contributed by atoms with Crippen molar-refractivity contribution in [2.24, 2.45) is 0 Å². The second kappa shape index (κ2) is 8.50. The lowest BCUT2D eigenvalue weighted by Gasteiger charge is -2.06. The predicted molar refractivity (Wildman–Crippen MR) is 116 cm³/mol. The van der Waals surface area contributed by atoms with Gasteiger partial charge in [-0.2, -0.15) is 0 Å². The van der Waals surface area contributed by atoms with Gasteiger partial charge in [-0.05, 0) is 23.8 Å². The highest BCUT2D eigenvalue weighted by Crippen LogP contribution is 2.43. The summed E-state index contributed by atoms with van der Waals surface area (Å²) >= 11 is 0. The van der Waals surface area contributed by atoms with Crippen LogP contribution in [-0.4, -0.2) is 42.9 Å². The molecule has 8 nitrogen and oxygen atoms in total. The summed E-state index contributed by atoms with van der Waals surface area (Å²) in [6.45, 7) is 0.528. The summed E-state index contributed by atoms with van der Waals surface area (Å²) in [6, 6.07) is 15.2. The maximum atomic E-state index is 12.4. The summed E-state index contributed by atoms with van der Waals surface area (Å²) < 4.78 is 22.1. The summed E-state index contributed by atoms with van der Waals surface area (Å²) in [5, 5.41) is 11.6. The number of rotatable bonds is 6. The monoisotopic (exact) mass is 435 g/mol. The quantitative estimate of drug-likeness (QED) is 0.452. The Morgan fingerprint density at radius 2 is 1.59 bits per heavy atom. The van der Waals surface area contributed by atoms with Crippen molar-refractivity contribution in [1.29, 1.82) is 0 Å². The summed E-state index contributed by atoms with van der Waals surface area (Å²) in [7, 11) is 3.96. The summed E-state index contributed by atoms with van der Waals surface area (Å²) in [5.41, 5.74) is 2.49. The highest BCUT2D eigenvalue weighted by Gasteiger charge is 2.32. The van der Waals surface area contributed by atoms with E-state index in [1.165, 1.54) is 7.11 Å². The number of aromatic nitrogens is 1. The van der Waals surface area contributed by atoms with Gasteiger partial charge in [0.25, 0.3) is 5.76 Å². The SMILES string of the molecule is COC(=O)c1oc(C(=O)OC)c(-c2cn(Cc3ccc(OC)cc3)c3ccccc23)c1O. The normalized spacial score (nSPS) is 10.8. The third kappa shape index (κ3) is 3.56. The fraction of sp³-hybridized carbons (Fsp3) is 0.167. The van der Waals surface area contributed by atoms with Crippen molar-refractivity contribution in [2.75, 3.05) is 21.3 Å². The number of benzene rings is 2. The Labute approximate surface area is 183 Å². The Hall–Kier alpha value is -4.20. The molecule has 0 unspecified atom stereocenters. The van der Waals surface area contributed by atoms with Gasteiger partial charge in [0.2, 0.25) is 5.76 Å². The molecule has 0 saturated heterocycles. The number of ether oxygens (including phenoxy) is 3. The smallest absolute Gasteiger partial charge is 0.377 e. The number of carbonyl (C=O) groups is 2. The molecule has 0 saturated carbocycles. The highest BCUT2D eigenvalue weighted by atomic mass is 16.6. The third-order valence-electron chi connectivity index (χ3n) is 5.19. The van der Waals surface area contributed by atoms with Gasteiger partial charge in [-0.15, -0.1) is 0 Å². The van der Waals surface area contributed by atoms with Crippen LogP contribution in [0, 0.1) is 0 Å². The van der Waals surface area contributed by atoms with Crippen molar-refractivity contribution in [1.82, 2.24) is 4.57 Å². The van der Waals surface area contributed by atoms with Crippen LogP contribution in [0.5, 0.6) is 11.5 Å². The molecule has 1 N–H and O–H groups in total. The van der Waals surface area contributed by atoms with E-state index in [1.54, 1.807) is 13.3 Å². The number of carbonyl (C=O) groups excluding carboxylic acids is 2. The van der Waals surface area contributed by atoms with Gasteiger partial charge >= 0.3 is 11.9 Å². The average Bonchev–Trinajstić information content (AvgIpc) is 3.36. The Morgan fingerprint density at radius 1 is 0.938 bits per heavy atom. The number of hydrogen-bond acceptors (Lipinski definition) is 7. The van der Waals surface area contributed by atoms with E-state index in [2.05, 4.69) is 4.74 Å². The van der Waals surface area contributed by atoms with Crippen molar-refractivity contribution in [3.05, 3.63) is 71.8 Å². The molecule has 2 heterocycles. The number of hydrogen-bond donors (Lipinski definition) is 1. The lowest BCUT2D eigenvalue weighted by molar-refractivity contribution is 0.0529. The largest absolute Gasteiger partial charge is 0.504 e. The minimum absolute atomic E-state index is 0.0712. The molecule has 0 fully saturated rings. The molecule has 0 amide bonds. The first-order valence-electron chi connectivity index (χ1n) is 9.72. The second-order valence-electron chi connectivity index (χ2n) is 7.00. The van der Waals surface area contributed by atoms with Crippen molar-refractivity contribution in [2.45, 2.75) is 6.54 Å². The van der Waals surface area contributed by atoms with Crippen LogP contribution >= 0.6 is 0 Å². The van der Waals surface area contributed by atoms with Gasteiger partial charge in [-0.1, -0.05) is 30.3 Å². The van der Waals surface area contributed by atoms with E-state index in [-0.39, 0.29) is 11.3 Å². The minimum Gasteiger partial charge on any atom is -0.504 e. The highest BCUT2D eigenvalue weighted by molar-refractivity contribution is 6.07. The number of esters is 2. The predicted octanol–water partition coefficient (Wildman–Crippen LogP) is 4.24. The molecule has 0 bridgehead atoms. The first kappa shape index (κ1) is 21.0. The fourth-order valence-corrected chi connectivity index (χ4v) is 3.64. The maximum Gasteiger partial charge on any atom is 0.377 e. The number of methoxy groups -OCH3 is 3. The Balaban J connectivity index is 1.89. The van der Waals surface area contributed by atoms with Gasteiger partial charge in [-0.3, -0.25) is 0 Å². The van der Waals surface area contributed by atoms with Crippen molar-refractivity contribution in [3.63, 3.8) is 0 Å². The van der Waals surface area contributed by atoms with Crippen LogP contribution in [0.15, 0.2) is 59.1 Å². The fourth-order valence-electron chi connectivity index (χ4n) is 3.64. The van der Waals surface area contributed by atoms with Gasteiger partial charge in [0.1, 0.15) is 5.75 Å². The second-order valence-corrected chi connectivity index (χ2v) is 7.00. The standard InChI is InChI=1S/C24H21NO7/c1-29-15-10-8-14(9-11-15)12-25-13-17(16-6-4-5-7-18(16)25)19-20(26)22(24(28)31-3)32-21(19)23(27)30-2/h4-11,13,26H,12H2,1-3H3. The Morgan fingerprint density at radius 3 is 2.25 bits per heavy atom. The lowest BCUT2D eigenvalue weighted by atomic mass is 10.0. The number of furan rings is 1. The molecule has 0 aliphatic heterocycles. The molecule has 0 radical (unpaired) electrons. The van der Waals surface area contributed by atoms with E-state index in [4.69, 9.17) is 13.9 Å². The van der Waals surface area contributed by atoms with Gasteiger partial charge in [0.15, 0.2) is 5.75 Å². The summed E-state index contributed by atoms with van der Waals surface area (Å²) in [4.78, 5) is 24.4. The van der Waals surface area contributed by atoms with E-state index in [0.717, 1.165) is 29.3 Å². The van der Waals surface area contributed by atoms with E-state index >= 15 is 0 Å². The molecular weight excluding hydrogens is 414 g/mol. The minimum atomic E-state index is -0.902. The molecule has 0 spiro atoms. The molecule has 8 heteroatoms. The van der Waals surface area contributed by atoms with Crippen molar-refractivity contribution < 1.29 is 33.3 Å². The molecule has 0 aliphatic carbocycles. The molecule has 0 aliphatic rings. The van der Waals surface area contributed by atoms with E-state index < -0.39 is 23.4 Å². The molecule has 2 aromatic heterocycles. The first-order chi connectivity index (χ1) is 15.5. The van der Waals surface area contributed by atoms with Crippen LogP contribution in [0.4, 0.5) is 0 Å². The van der Waals surface area contributed by atoms with Crippen LogP contribution < -0.4 is 4.74 Å². The van der Waals surface area contributed by atoms with E-state index in [1.807, 2.05) is 53.1 Å². The number of para-hydroxylation sites is 1. The number of aromatic hydroxyl groups is 1. The molecular formula is C24H21NO7. The lowest BCUT2D eigenvalue weighted by Crippen LogP contribution is -2.02. The summed E-state index contributed by atoms with van der Waals surface area (Å²) in [6.07, 6.45) is 1.80. The Kier molecular flexibility index (Phi) is 5.59. The van der Waals surface area contributed by atoms with Crippen molar-refractivity contribution >= 4 is 22.8 Å². The van der Waals surface area contributed by atoms with Gasteiger partial charge in [-0.25, -0.2) is 9.59 Å². The molecule has 0 atom stereocenters. The summed E-state index contributed by atoms with van der Waals surface area (Å²) in [5.74, 6) is -2.19. The molecule has 2 aromatic carbocycles. The topological polar surface area (TPSA) is 100 Å². The van der Waals surface area contributed by atoms with Crippen LogP contribution in [0.3, 0.4) is 0 Å². The van der Waals surface area contributed by atoms with E-state index in [9.17, 15) is 14.7 Å². The van der Waals surface area contributed by atoms with Crippen LogP contribution in [0.2, 0.25) is 0 Å². The number of fused-ring (bicyclic) bond motifs is 1. The van der Waals surface area contributed by atoms with Gasteiger partial charge < -0.3 is 28.3 Å². The number of nitrogens with zero attached hydrogens (tertiary/aromatic N) is 1. The third-order valence-corrected chi connectivity index (χ3v) is 5.19. The zero-order valence-electron chi connectivity index (χ0n) is 17.7. The maximum absolute atomic E-state index is 12.4. The molecule has 4 rings (SSSR count). The van der Waals surface area contributed by atoms with Crippen LogP contribution in [-0.2, 0) is 16.0 Å². The van der Waals surface area contributed by atoms with Crippen LogP contribution in [0.25, 0.3) is 22.0 Å².